The number of benzene rings is 2. The third kappa shape index (κ3) is 2.91. The summed E-state index contributed by atoms with van der Waals surface area (Å²) in [5.74, 6) is -1.67. The number of cyclic esters (lactones) is 2. The molecule has 1 aliphatic heterocycles. The molecule has 3 rings (SSSR count). The van der Waals surface area contributed by atoms with Crippen molar-refractivity contribution in [3.8, 4) is 0 Å². The van der Waals surface area contributed by atoms with Crippen molar-refractivity contribution in [2.75, 3.05) is 0 Å². The van der Waals surface area contributed by atoms with Gasteiger partial charge in [0.15, 0.2) is 0 Å². The van der Waals surface area contributed by atoms with Gasteiger partial charge in [-0.1, -0.05) is 74.5 Å². The van der Waals surface area contributed by atoms with Crippen molar-refractivity contribution < 1.29 is 14.3 Å². The van der Waals surface area contributed by atoms with Crippen molar-refractivity contribution in [1.29, 1.82) is 0 Å². The fourth-order valence-electron chi connectivity index (χ4n) is 3.51. The Morgan fingerprint density at radius 2 is 1.35 bits per heavy atom. The Kier molecular flexibility index (Phi) is 4.28. The average molecular weight is 308 g/mol. The Morgan fingerprint density at radius 3 is 1.83 bits per heavy atom. The van der Waals surface area contributed by atoms with Gasteiger partial charge in [-0.15, -0.1) is 0 Å². The standard InChI is InChI=1S/C20H20O3/c1-13(15-9-5-3-6-10-15)17(16-11-7-4-8-12-16)18-14(2)19(21)23-20(18)22/h3-14,17-18H,1-2H3. The zero-order chi connectivity index (χ0) is 16.4. The van der Waals surface area contributed by atoms with Crippen LogP contribution in [0.15, 0.2) is 60.7 Å². The fraction of sp³-hybridized carbons (Fsp3) is 0.300. The van der Waals surface area contributed by atoms with E-state index in [1.165, 1.54) is 0 Å². The lowest BCUT2D eigenvalue weighted by Gasteiger charge is -2.29. The first-order chi connectivity index (χ1) is 11.1. The molecule has 3 nitrogen and oxygen atoms in total. The molecule has 1 fully saturated rings. The van der Waals surface area contributed by atoms with Gasteiger partial charge in [0.2, 0.25) is 0 Å². The highest BCUT2D eigenvalue weighted by atomic mass is 16.6. The van der Waals surface area contributed by atoms with Crippen molar-refractivity contribution in [2.24, 2.45) is 11.8 Å². The van der Waals surface area contributed by atoms with Crippen LogP contribution >= 0.6 is 0 Å². The molecule has 23 heavy (non-hydrogen) atoms. The smallest absolute Gasteiger partial charge is 0.318 e. The minimum atomic E-state index is -0.444. The highest BCUT2D eigenvalue weighted by Gasteiger charge is 2.47. The third-order valence-electron chi connectivity index (χ3n) is 4.82. The number of ether oxygens (including phenoxy) is 1. The maximum atomic E-state index is 12.3. The van der Waals surface area contributed by atoms with Gasteiger partial charge in [-0.2, -0.15) is 0 Å². The molecule has 0 saturated carbocycles. The molecule has 1 heterocycles. The van der Waals surface area contributed by atoms with Crippen LogP contribution in [0.2, 0.25) is 0 Å². The van der Waals surface area contributed by atoms with Gasteiger partial charge in [0.1, 0.15) is 0 Å². The summed E-state index contributed by atoms with van der Waals surface area (Å²) in [5, 5.41) is 0. The summed E-state index contributed by atoms with van der Waals surface area (Å²) in [6.07, 6.45) is 0. The minimum absolute atomic E-state index is 0.0902. The summed E-state index contributed by atoms with van der Waals surface area (Å²) in [6.45, 7) is 3.89. The number of hydrogen-bond donors (Lipinski definition) is 0. The summed E-state index contributed by atoms with van der Waals surface area (Å²) >= 11 is 0. The van der Waals surface area contributed by atoms with Crippen molar-refractivity contribution in [2.45, 2.75) is 25.7 Å². The van der Waals surface area contributed by atoms with Crippen LogP contribution in [0, 0.1) is 11.8 Å². The first kappa shape index (κ1) is 15.5. The predicted molar refractivity (Wildman–Crippen MR) is 87.8 cm³/mol. The van der Waals surface area contributed by atoms with Crippen LogP contribution < -0.4 is 0 Å². The average Bonchev–Trinajstić information content (AvgIpc) is 2.83. The Bertz CT molecular complexity index is 693. The highest BCUT2D eigenvalue weighted by Crippen LogP contribution is 2.44. The molecule has 3 heteroatoms. The van der Waals surface area contributed by atoms with E-state index in [0.717, 1.165) is 11.1 Å². The van der Waals surface area contributed by atoms with Gasteiger partial charge in [-0.3, -0.25) is 9.59 Å². The Balaban J connectivity index is 2.05. The second-order valence-electron chi connectivity index (χ2n) is 6.19. The highest BCUT2D eigenvalue weighted by molar-refractivity contribution is 5.96. The van der Waals surface area contributed by atoms with Crippen LogP contribution in [0.1, 0.15) is 36.8 Å². The van der Waals surface area contributed by atoms with Crippen molar-refractivity contribution >= 4 is 11.9 Å². The first-order valence-corrected chi connectivity index (χ1v) is 7.95. The van der Waals surface area contributed by atoms with Crippen LogP contribution in [-0.2, 0) is 14.3 Å². The normalized spacial score (nSPS) is 23.4. The molecule has 1 saturated heterocycles. The summed E-state index contributed by atoms with van der Waals surface area (Å²) in [6, 6.07) is 20.0. The zero-order valence-corrected chi connectivity index (χ0v) is 13.3. The van der Waals surface area contributed by atoms with E-state index in [4.69, 9.17) is 4.74 Å². The van der Waals surface area contributed by atoms with Crippen molar-refractivity contribution in [1.82, 2.24) is 0 Å². The van der Waals surface area contributed by atoms with Gasteiger partial charge in [0.05, 0.1) is 11.8 Å². The van der Waals surface area contributed by atoms with Crippen LogP contribution in [0.4, 0.5) is 0 Å². The molecule has 0 spiro atoms. The third-order valence-corrected chi connectivity index (χ3v) is 4.82. The second-order valence-corrected chi connectivity index (χ2v) is 6.19. The number of rotatable bonds is 4. The number of esters is 2. The summed E-state index contributed by atoms with van der Waals surface area (Å²) in [5.41, 5.74) is 2.22. The molecule has 0 amide bonds. The number of carbonyl (C=O) groups excluding carboxylic acids is 2. The first-order valence-electron chi connectivity index (χ1n) is 7.95. The monoisotopic (exact) mass is 308 g/mol. The second kappa shape index (κ2) is 6.37. The van der Waals surface area contributed by atoms with Gasteiger partial charge in [-0.05, 0) is 17.0 Å². The molecule has 0 aliphatic carbocycles. The molecule has 2 aromatic carbocycles. The summed E-state index contributed by atoms with van der Waals surface area (Å²) in [7, 11) is 0. The molecule has 118 valence electrons. The molecular formula is C20H20O3. The summed E-state index contributed by atoms with van der Waals surface area (Å²) < 4.78 is 4.90. The maximum Gasteiger partial charge on any atom is 0.318 e. The molecule has 0 N–H and O–H groups in total. The lowest BCUT2D eigenvalue weighted by molar-refractivity contribution is -0.153. The number of carbonyl (C=O) groups is 2. The molecule has 0 aromatic heterocycles. The van der Waals surface area contributed by atoms with E-state index in [0.29, 0.717) is 0 Å². The van der Waals surface area contributed by atoms with Crippen LogP contribution in [0.5, 0.6) is 0 Å². The molecule has 0 bridgehead atoms. The topological polar surface area (TPSA) is 43.4 Å². The lowest BCUT2D eigenvalue weighted by atomic mass is 9.71. The Labute approximate surface area is 136 Å². The summed E-state index contributed by atoms with van der Waals surface area (Å²) in [4.78, 5) is 24.1. The minimum Gasteiger partial charge on any atom is -0.393 e. The number of hydrogen-bond acceptors (Lipinski definition) is 3. The largest absolute Gasteiger partial charge is 0.393 e. The van der Waals surface area contributed by atoms with E-state index in [9.17, 15) is 9.59 Å². The van der Waals surface area contributed by atoms with E-state index in [2.05, 4.69) is 19.1 Å². The maximum absolute atomic E-state index is 12.3. The van der Waals surface area contributed by atoms with E-state index < -0.39 is 23.8 Å². The lowest BCUT2D eigenvalue weighted by Crippen LogP contribution is -2.27. The SMILES string of the molecule is CC1C(=O)OC(=O)C1C(c1ccccc1)C(C)c1ccccc1. The van der Waals surface area contributed by atoms with Crippen LogP contribution in [0.3, 0.4) is 0 Å². The molecule has 4 atom stereocenters. The molecule has 0 radical (unpaired) electrons. The predicted octanol–water partition coefficient (Wildman–Crippen LogP) is 3.91. The molecule has 4 unspecified atom stereocenters. The molecule has 1 aliphatic rings. The van der Waals surface area contributed by atoms with Gasteiger partial charge in [0, 0.05) is 5.92 Å². The van der Waals surface area contributed by atoms with Crippen LogP contribution in [-0.4, -0.2) is 11.9 Å². The van der Waals surface area contributed by atoms with E-state index >= 15 is 0 Å². The quantitative estimate of drug-likeness (QED) is 0.635. The molecular weight excluding hydrogens is 288 g/mol. The Morgan fingerprint density at radius 1 is 0.826 bits per heavy atom. The van der Waals surface area contributed by atoms with Gasteiger partial charge in [0.25, 0.3) is 0 Å². The van der Waals surface area contributed by atoms with E-state index in [-0.39, 0.29) is 11.8 Å². The van der Waals surface area contributed by atoms with Crippen LogP contribution in [0.25, 0.3) is 0 Å². The fourth-order valence-corrected chi connectivity index (χ4v) is 3.51. The van der Waals surface area contributed by atoms with Gasteiger partial charge in [-0.25, -0.2) is 0 Å². The van der Waals surface area contributed by atoms with Crippen molar-refractivity contribution in [3.63, 3.8) is 0 Å². The zero-order valence-electron chi connectivity index (χ0n) is 13.3. The van der Waals surface area contributed by atoms with Gasteiger partial charge < -0.3 is 4.74 Å². The van der Waals surface area contributed by atoms with E-state index in [1.54, 1.807) is 6.92 Å². The van der Waals surface area contributed by atoms with E-state index in [1.807, 2.05) is 48.5 Å². The Hall–Kier alpha value is -2.42. The van der Waals surface area contributed by atoms with Gasteiger partial charge >= 0.3 is 11.9 Å². The molecule has 2 aromatic rings. The van der Waals surface area contributed by atoms with Crippen molar-refractivity contribution in [3.05, 3.63) is 71.8 Å².